The second-order valence-corrected chi connectivity index (χ2v) is 6.94. The molecular weight excluding hydrogens is 387 g/mol. The molecule has 1 fully saturated rings. The van der Waals surface area contributed by atoms with Crippen LogP contribution in [0.1, 0.15) is 17.0 Å². The van der Waals surface area contributed by atoms with Gasteiger partial charge in [-0.2, -0.15) is 0 Å². The van der Waals surface area contributed by atoms with Crippen LogP contribution in [0, 0.1) is 5.82 Å². The number of hydrogen-bond acceptors (Lipinski definition) is 7. The molecule has 0 bridgehead atoms. The number of halogens is 1. The van der Waals surface area contributed by atoms with Crippen LogP contribution in [0.5, 0.6) is 17.2 Å². The summed E-state index contributed by atoms with van der Waals surface area (Å²) in [7, 11) is 2.66. The van der Waals surface area contributed by atoms with E-state index in [9.17, 15) is 29.3 Å². The zero-order valence-electron chi connectivity index (χ0n) is 15.4. The molecule has 1 aliphatic carbocycles. The topological polar surface area (TPSA) is 123 Å². The van der Waals surface area contributed by atoms with E-state index in [4.69, 9.17) is 14.2 Å². The van der Waals surface area contributed by atoms with Gasteiger partial charge in [0, 0.05) is 12.1 Å². The van der Waals surface area contributed by atoms with Gasteiger partial charge in [0.15, 0.2) is 0 Å². The predicted octanol–water partition coefficient (Wildman–Crippen LogP) is 0.974. The number of ketones is 1. The average Bonchev–Trinajstić information content (AvgIpc) is 3.09. The number of fused-ring (bicyclic) bond motifs is 3. The Balaban J connectivity index is 2.02. The number of aliphatic hydroxyl groups is 2. The van der Waals surface area contributed by atoms with Crippen molar-refractivity contribution in [1.82, 2.24) is 0 Å². The Morgan fingerprint density at radius 2 is 1.90 bits per heavy atom. The number of hydrogen-bond donors (Lipinski definition) is 3. The Labute approximate surface area is 164 Å². The van der Waals surface area contributed by atoms with E-state index in [-0.39, 0.29) is 28.4 Å². The lowest BCUT2D eigenvalue weighted by atomic mass is 9.75. The number of Topliss-reactive ketones (excluding diaryl/α,β-unsaturated/α-hetero) is 1. The number of carbonyl (C=O) groups is 2. The third-order valence-corrected chi connectivity index (χ3v) is 5.54. The Bertz CT molecular complexity index is 1030. The summed E-state index contributed by atoms with van der Waals surface area (Å²) in [5.74, 6) is -8.12. The Kier molecular flexibility index (Phi) is 4.07. The van der Waals surface area contributed by atoms with Gasteiger partial charge in [0.2, 0.25) is 17.0 Å². The highest BCUT2D eigenvalue weighted by Crippen LogP contribution is 2.60. The molecule has 0 radical (unpaired) electrons. The number of ether oxygens (including phenoxy) is 3. The molecule has 1 heterocycles. The van der Waals surface area contributed by atoms with Crippen LogP contribution in [0.3, 0.4) is 0 Å². The SMILES string of the molecule is COc1cc(OC)c2c(c1)OC1C(c3cccc(F)c3)C(O)(O)C(=O)C21C(=O)O. The van der Waals surface area contributed by atoms with Crippen molar-refractivity contribution in [3.8, 4) is 17.2 Å². The Morgan fingerprint density at radius 1 is 1.17 bits per heavy atom. The predicted molar refractivity (Wildman–Crippen MR) is 94.6 cm³/mol. The molecule has 0 amide bonds. The number of benzene rings is 2. The summed E-state index contributed by atoms with van der Waals surface area (Å²) in [6.45, 7) is 0. The molecule has 29 heavy (non-hydrogen) atoms. The van der Waals surface area contributed by atoms with Gasteiger partial charge >= 0.3 is 5.97 Å². The van der Waals surface area contributed by atoms with Gasteiger partial charge in [0.05, 0.1) is 25.7 Å². The molecule has 2 aromatic carbocycles. The first-order valence-corrected chi connectivity index (χ1v) is 8.61. The van der Waals surface area contributed by atoms with Crippen molar-refractivity contribution in [1.29, 1.82) is 0 Å². The van der Waals surface area contributed by atoms with Crippen LogP contribution >= 0.6 is 0 Å². The highest BCUT2D eigenvalue weighted by Gasteiger charge is 2.77. The van der Waals surface area contributed by atoms with Crippen molar-refractivity contribution >= 4 is 11.8 Å². The molecule has 0 spiro atoms. The molecule has 3 unspecified atom stereocenters. The number of carboxylic acids is 1. The molecular formula is C20H17FO8. The van der Waals surface area contributed by atoms with Gasteiger partial charge in [-0.25, -0.2) is 4.39 Å². The smallest absolute Gasteiger partial charge is 0.326 e. The largest absolute Gasteiger partial charge is 0.496 e. The molecule has 4 rings (SSSR count). The van der Waals surface area contributed by atoms with Gasteiger partial charge in [0.1, 0.15) is 29.2 Å². The number of methoxy groups -OCH3 is 2. The van der Waals surface area contributed by atoms with Gasteiger partial charge in [-0.3, -0.25) is 9.59 Å². The fourth-order valence-electron chi connectivity index (χ4n) is 4.33. The minimum atomic E-state index is -3.11. The van der Waals surface area contributed by atoms with E-state index in [1.807, 2.05) is 0 Å². The van der Waals surface area contributed by atoms with E-state index in [2.05, 4.69) is 0 Å². The number of carbonyl (C=O) groups excluding carboxylic acids is 1. The van der Waals surface area contributed by atoms with Crippen LogP contribution in [0.2, 0.25) is 0 Å². The van der Waals surface area contributed by atoms with E-state index in [1.165, 1.54) is 38.5 Å². The lowest BCUT2D eigenvalue weighted by molar-refractivity contribution is -0.186. The van der Waals surface area contributed by atoms with Gasteiger partial charge in [0.25, 0.3) is 0 Å². The van der Waals surface area contributed by atoms with Crippen molar-refractivity contribution in [3.05, 3.63) is 53.3 Å². The van der Waals surface area contributed by atoms with Gasteiger partial charge in [-0.15, -0.1) is 0 Å². The minimum Gasteiger partial charge on any atom is -0.496 e. The Morgan fingerprint density at radius 3 is 2.48 bits per heavy atom. The zero-order chi connectivity index (χ0) is 21.1. The highest BCUT2D eigenvalue weighted by molar-refractivity contribution is 6.17. The average molecular weight is 404 g/mol. The lowest BCUT2D eigenvalue weighted by Crippen LogP contribution is -2.50. The Hall–Kier alpha value is -3.17. The van der Waals surface area contributed by atoms with Crippen molar-refractivity contribution < 1.29 is 43.5 Å². The third kappa shape index (κ3) is 2.31. The van der Waals surface area contributed by atoms with E-state index < -0.39 is 40.8 Å². The first-order chi connectivity index (χ1) is 13.7. The van der Waals surface area contributed by atoms with Crippen LogP contribution < -0.4 is 14.2 Å². The highest BCUT2D eigenvalue weighted by atomic mass is 19.1. The van der Waals surface area contributed by atoms with Crippen molar-refractivity contribution in [2.24, 2.45) is 0 Å². The van der Waals surface area contributed by atoms with Crippen LogP contribution in [0.25, 0.3) is 0 Å². The fourth-order valence-corrected chi connectivity index (χ4v) is 4.33. The summed E-state index contributed by atoms with van der Waals surface area (Å²) in [6.07, 6.45) is -1.56. The fraction of sp³-hybridized carbons (Fsp3) is 0.300. The quantitative estimate of drug-likeness (QED) is 0.509. The van der Waals surface area contributed by atoms with E-state index in [0.717, 1.165) is 12.1 Å². The summed E-state index contributed by atoms with van der Waals surface area (Å²) < 4.78 is 30.0. The summed E-state index contributed by atoms with van der Waals surface area (Å²) in [4.78, 5) is 25.6. The van der Waals surface area contributed by atoms with Crippen LogP contribution in [0.4, 0.5) is 4.39 Å². The third-order valence-electron chi connectivity index (χ3n) is 5.54. The summed E-state index contributed by atoms with van der Waals surface area (Å²) >= 11 is 0. The van der Waals surface area contributed by atoms with Gasteiger partial charge in [-0.05, 0) is 17.7 Å². The standard InChI is InChI=1S/C20H17FO8/c1-27-11-7-12(28-2)15-13(8-11)29-16-14(9-4-3-5-10(21)6-9)20(25,26)17(22)19(15,16)18(23)24/h3-8,14,16,25-26H,1-2H3,(H,23,24). The maximum atomic E-state index is 13.8. The molecule has 3 N–H and O–H groups in total. The molecule has 152 valence electrons. The van der Waals surface area contributed by atoms with E-state index >= 15 is 0 Å². The molecule has 2 aromatic rings. The van der Waals surface area contributed by atoms with Crippen LogP contribution in [-0.4, -0.2) is 53.2 Å². The second kappa shape index (κ2) is 6.16. The molecule has 0 saturated heterocycles. The van der Waals surface area contributed by atoms with Crippen molar-refractivity contribution in [2.75, 3.05) is 14.2 Å². The normalized spacial score (nSPS) is 26.4. The van der Waals surface area contributed by atoms with Gasteiger partial charge < -0.3 is 29.5 Å². The first kappa shape index (κ1) is 19.2. The minimum absolute atomic E-state index is 0.00106. The molecule has 2 aliphatic rings. The number of rotatable bonds is 4. The van der Waals surface area contributed by atoms with E-state index in [0.29, 0.717) is 0 Å². The van der Waals surface area contributed by atoms with Crippen LogP contribution in [0.15, 0.2) is 36.4 Å². The number of aliphatic carboxylic acids is 1. The summed E-state index contributed by atoms with van der Waals surface area (Å²) in [5.41, 5.74) is -2.60. The van der Waals surface area contributed by atoms with Crippen LogP contribution in [-0.2, 0) is 15.0 Å². The summed E-state index contributed by atoms with van der Waals surface area (Å²) in [6, 6.07) is 7.57. The maximum Gasteiger partial charge on any atom is 0.326 e. The molecule has 8 nitrogen and oxygen atoms in total. The molecule has 1 aliphatic heterocycles. The van der Waals surface area contributed by atoms with Crippen molar-refractivity contribution in [2.45, 2.75) is 23.2 Å². The van der Waals surface area contributed by atoms with Crippen molar-refractivity contribution in [3.63, 3.8) is 0 Å². The first-order valence-electron chi connectivity index (χ1n) is 8.61. The number of carboxylic acid groups (broad SMARTS) is 1. The monoisotopic (exact) mass is 404 g/mol. The molecule has 0 aromatic heterocycles. The molecule has 9 heteroatoms. The maximum absolute atomic E-state index is 13.8. The lowest BCUT2D eigenvalue weighted by Gasteiger charge is -2.26. The molecule has 3 atom stereocenters. The second-order valence-electron chi connectivity index (χ2n) is 6.94. The summed E-state index contributed by atoms with van der Waals surface area (Å²) in [5, 5.41) is 31.4. The van der Waals surface area contributed by atoms with Gasteiger partial charge in [-0.1, -0.05) is 12.1 Å². The van der Waals surface area contributed by atoms with E-state index in [1.54, 1.807) is 0 Å². The zero-order valence-corrected chi connectivity index (χ0v) is 15.4. The molecule has 1 saturated carbocycles.